The van der Waals surface area contributed by atoms with Crippen molar-refractivity contribution >= 4 is 34.6 Å². The van der Waals surface area contributed by atoms with Crippen LogP contribution >= 0.6 is 11.6 Å². The molecule has 0 aliphatic heterocycles. The number of hydrogen-bond acceptors (Lipinski definition) is 6. The van der Waals surface area contributed by atoms with Crippen LogP contribution in [0.4, 0.5) is 23.0 Å². The number of benzene rings is 1. The fraction of sp³-hybridized carbons (Fsp3) is 0.286. The predicted molar refractivity (Wildman–Crippen MR) is 86.9 cm³/mol. The Morgan fingerprint density at radius 3 is 2.68 bits per heavy atom. The van der Waals surface area contributed by atoms with Gasteiger partial charge in [0.15, 0.2) is 0 Å². The minimum Gasteiger partial charge on any atom is -0.364 e. The second-order valence-corrected chi connectivity index (χ2v) is 5.10. The number of aryl methyl sites for hydroxylation is 1. The topological polar surface area (TPSA) is 93.0 Å². The van der Waals surface area contributed by atoms with E-state index in [0.717, 1.165) is 12.0 Å². The molecule has 0 bridgehead atoms. The summed E-state index contributed by atoms with van der Waals surface area (Å²) in [5.74, 6) is 0.320. The lowest BCUT2D eigenvalue weighted by molar-refractivity contribution is -0.383. The lowest BCUT2D eigenvalue weighted by Gasteiger charge is -2.10. The maximum absolute atomic E-state index is 11.3. The van der Waals surface area contributed by atoms with Crippen molar-refractivity contribution in [2.45, 2.75) is 20.3 Å². The lowest BCUT2D eigenvalue weighted by atomic mass is 10.2. The van der Waals surface area contributed by atoms with Crippen molar-refractivity contribution in [2.75, 3.05) is 17.2 Å². The van der Waals surface area contributed by atoms with Crippen LogP contribution in [0.2, 0.25) is 5.02 Å². The van der Waals surface area contributed by atoms with Gasteiger partial charge in [0.25, 0.3) is 0 Å². The van der Waals surface area contributed by atoms with Crippen molar-refractivity contribution < 1.29 is 4.92 Å². The first-order valence-corrected chi connectivity index (χ1v) is 7.17. The first kappa shape index (κ1) is 16.0. The highest BCUT2D eigenvalue weighted by atomic mass is 35.5. The van der Waals surface area contributed by atoms with E-state index in [1.54, 1.807) is 12.1 Å². The molecule has 0 saturated carbocycles. The molecule has 0 aliphatic rings. The minimum atomic E-state index is -0.504. The fourth-order valence-electron chi connectivity index (χ4n) is 1.82. The molecule has 2 rings (SSSR count). The van der Waals surface area contributed by atoms with Gasteiger partial charge in [-0.25, -0.2) is 9.97 Å². The summed E-state index contributed by atoms with van der Waals surface area (Å²) in [6, 6.07) is 5.31. The first-order valence-electron chi connectivity index (χ1n) is 6.79. The van der Waals surface area contributed by atoms with E-state index in [1.807, 2.05) is 19.9 Å². The Hall–Kier alpha value is -2.41. The van der Waals surface area contributed by atoms with Gasteiger partial charge in [-0.05, 0) is 31.0 Å². The Kier molecular flexibility index (Phi) is 5.11. The Bertz CT molecular complexity index is 693. The summed E-state index contributed by atoms with van der Waals surface area (Å²) < 4.78 is 0. The van der Waals surface area contributed by atoms with Crippen molar-refractivity contribution in [1.29, 1.82) is 0 Å². The number of nitrogens with one attached hydrogen (secondary N) is 2. The third-order valence-electron chi connectivity index (χ3n) is 2.98. The number of anilines is 3. The van der Waals surface area contributed by atoms with Crippen LogP contribution in [0.25, 0.3) is 0 Å². The summed E-state index contributed by atoms with van der Waals surface area (Å²) in [4.78, 5) is 18.7. The number of nitro groups is 1. The van der Waals surface area contributed by atoms with E-state index in [-0.39, 0.29) is 17.3 Å². The molecule has 0 spiro atoms. The van der Waals surface area contributed by atoms with E-state index < -0.39 is 4.92 Å². The fourth-order valence-corrected chi connectivity index (χ4v) is 2.00. The minimum absolute atomic E-state index is 0.124. The van der Waals surface area contributed by atoms with Crippen LogP contribution in [0.1, 0.15) is 18.9 Å². The SMILES string of the molecule is CCCNc1ncnc(Nc2ccc(C)c(Cl)c2)c1[N+](=O)[O-]. The van der Waals surface area contributed by atoms with E-state index >= 15 is 0 Å². The molecule has 0 fully saturated rings. The average Bonchev–Trinajstić information content (AvgIpc) is 2.48. The molecule has 0 saturated heterocycles. The van der Waals surface area contributed by atoms with Crippen LogP contribution in [0, 0.1) is 17.0 Å². The molecule has 0 radical (unpaired) electrons. The van der Waals surface area contributed by atoms with Gasteiger partial charge in [-0.1, -0.05) is 24.6 Å². The third kappa shape index (κ3) is 3.62. The van der Waals surface area contributed by atoms with Crippen LogP contribution < -0.4 is 10.6 Å². The molecule has 1 aromatic carbocycles. The van der Waals surface area contributed by atoms with Gasteiger partial charge in [0.1, 0.15) is 6.33 Å². The molecule has 0 unspecified atom stereocenters. The highest BCUT2D eigenvalue weighted by Crippen LogP contribution is 2.32. The zero-order valence-electron chi connectivity index (χ0n) is 12.3. The number of rotatable bonds is 6. The van der Waals surface area contributed by atoms with Gasteiger partial charge in [0.2, 0.25) is 11.6 Å². The third-order valence-corrected chi connectivity index (χ3v) is 3.39. The normalized spacial score (nSPS) is 10.3. The summed E-state index contributed by atoms with van der Waals surface area (Å²) in [7, 11) is 0. The van der Waals surface area contributed by atoms with Crippen LogP contribution in [0.15, 0.2) is 24.5 Å². The lowest BCUT2D eigenvalue weighted by Crippen LogP contribution is -2.08. The van der Waals surface area contributed by atoms with Gasteiger partial charge in [-0.2, -0.15) is 0 Å². The van der Waals surface area contributed by atoms with E-state index in [1.165, 1.54) is 6.33 Å². The number of halogens is 1. The molecule has 22 heavy (non-hydrogen) atoms. The predicted octanol–water partition coefficient (Wildman–Crippen LogP) is 3.91. The summed E-state index contributed by atoms with van der Waals surface area (Å²) >= 11 is 6.06. The Balaban J connectivity index is 2.37. The number of aromatic nitrogens is 2. The molecule has 2 aromatic rings. The summed E-state index contributed by atoms with van der Waals surface area (Å²) in [5, 5.41) is 17.8. The molecule has 1 aromatic heterocycles. The average molecular weight is 322 g/mol. The van der Waals surface area contributed by atoms with Gasteiger partial charge in [0, 0.05) is 17.3 Å². The largest absolute Gasteiger partial charge is 0.364 e. The zero-order chi connectivity index (χ0) is 16.1. The van der Waals surface area contributed by atoms with E-state index in [9.17, 15) is 10.1 Å². The van der Waals surface area contributed by atoms with Crippen molar-refractivity contribution in [1.82, 2.24) is 9.97 Å². The Morgan fingerprint density at radius 1 is 1.32 bits per heavy atom. The summed E-state index contributed by atoms with van der Waals surface area (Å²) in [5.41, 5.74) is 1.36. The summed E-state index contributed by atoms with van der Waals surface area (Å²) in [6.07, 6.45) is 2.11. The second-order valence-electron chi connectivity index (χ2n) is 4.69. The van der Waals surface area contributed by atoms with E-state index in [4.69, 9.17) is 11.6 Å². The molecule has 7 nitrogen and oxygen atoms in total. The van der Waals surface area contributed by atoms with Gasteiger partial charge < -0.3 is 10.6 Å². The number of nitrogens with zero attached hydrogens (tertiary/aromatic N) is 3. The second kappa shape index (κ2) is 7.04. The Labute approximate surface area is 132 Å². The summed E-state index contributed by atoms with van der Waals surface area (Å²) in [6.45, 7) is 4.44. The standard InChI is InChI=1S/C14H16ClN5O2/c1-3-6-16-13-12(20(21)22)14(18-8-17-13)19-10-5-4-9(2)11(15)7-10/h4-5,7-8H,3,6H2,1-2H3,(H2,16,17,18,19). The van der Waals surface area contributed by atoms with E-state index in [2.05, 4.69) is 20.6 Å². The molecule has 8 heteroatoms. The first-order chi connectivity index (χ1) is 10.5. The highest BCUT2D eigenvalue weighted by molar-refractivity contribution is 6.31. The highest BCUT2D eigenvalue weighted by Gasteiger charge is 2.22. The molecule has 0 amide bonds. The molecule has 0 aliphatic carbocycles. The molecular weight excluding hydrogens is 306 g/mol. The molecule has 116 valence electrons. The van der Waals surface area contributed by atoms with Crippen molar-refractivity contribution in [3.63, 3.8) is 0 Å². The molecule has 2 N–H and O–H groups in total. The molecule has 0 atom stereocenters. The van der Waals surface area contributed by atoms with Crippen molar-refractivity contribution in [3.05, 3.63) is 45.2 Å². The molecular formula is C14H16ClN5O2. The maximum Gasteiger partial charge on any atom is 0.353 e. The van der Waals surface area contributed by atoms with Crippen LogP contribution in [-0.2, 0) is 0 Å². The van der Waals surface area contributed by atoms with Crippen molar-refractivity contribution in [3.8, 4) is 0 Å². The van der Waals surface area contributed by atoms with Gasteiger partial charge in [0.05, 0.1) is 4.92 Å². The van der Waals surface area contributed by atoms with Gasteiger partial charge >= 0.3 is 5.69 Å². The zero-order valence-corrected chi connectivity index (χ0v) is 13.0. The smallest absolute Gasteiger partial charge is 0.353 e. The Morgan fingerprint density at radius 2 is 2.05 bits per heavy atom. The van der Waals surface area contributed by atoms with Crippen LogP contribution in [0.5, 0.6) is 0 Å². The van der Waals surface area contributed by atoms with Crippen LogP contribution in [0.3, 0.4) is 0 Å². The van der Waals surface area contributed by atoms with Crippen molar-refractivity contribution in [2.24, 2.45) is 0 Å². The maximum atomic E-state index is 11.3. The number of hydrogen-bond donors (Lipinski definition) is 2. The van der Waals surface area contributed by atoms with Crippen LogP contribution in [-0.4, -0.2) is 21.4 Å². The van der Waals surface area contributed by atoms with Gasteiger partial charge in [-0.15, -0.1) is 0 Å². The van der Waals surface area contributed by atoms with E-state index in [0.29, 0.717) is 17.3 Å². The molecule has 1 heterocycles. The van der Waals surface area contributed by atoms with Gasteiger partial charge in [-0.3, -0.25) is 10.1 Å². The monoisotopic (exact) mass is 321 g/mol. The quantitative estimate of drug-likeness (QED) is 0.619.